The summed E-state index contributed by atoms with van der Waals surface area (Å²) in [5, 5.41) is 0.736. The highest BCUT2D eigenvalue weighted by molar-refractivity contribution is 6.30. The summed E-state index contributed by atoms with van der Waals surface area (Å²) in [4.78, 5) is 19.0. The van der Waals surface area contributed by atoms with Crippen LogP contribution in [0.5, 0.6) is 0 Å². The summed E-state index contributed by atoms with van der Waals surface area (Å²) in [5.41, 5.74) is 3.26. The van der Waals surface area contributed by atoms with E-state index in [0.29, 0.717) is 6.42 Å². The molecular formula is C20H20ClN3O. The minimum absolute atomic E-state index is 0.146. The van der Waals surface area contributed by atoms with Crippen molar-refractivity contribution in [3.8, 4) is 0 Å². The zero-order valence-corrected chi connectivity index (χ0v) is 14.9. The number of rotatable bonds is 4. The fraction of sp³-hybridized carbons (Fsp3) is 0.300. The van der Waals surface area contributed by atoms with E-state index >= 15 is 0 Å². The Morgan fingerprint density at radius 1 is 1.16 bits per heavy atom. The van der Waals surface area contributed by atoms with Gasteiger partial charge in [-0.25, -0.2) is 4.98 Å². The number of hydrogen-bond acceptors (Lipinski definition) is 2. The van der Waals surface area contributed by atoms with Crippen molar-refractivity contribution in [2.45, 2.75) is 25.8 Å². The number of carbonyl (C=O) groups is 1. The maximum atomic E-state index is 12.2. The molecule has 1 aliphatic heterocycles. The molecule has 0 spiro atoms. The first kappa shape index (κ1) is 16.2. The average Bonchev–Trinajstić information content (AvgIpc) is 3.17. The Balaban J connectivity index is 1.76. The van der Waals surface area contributed by atoms with E-state index in [1.54, 1.807) is 0 Å². The Kier molecular flexibility index (Phi) is 4.22. The zero-order chi connectivity index (χ0) is 17.4. The third-order valence-corrected chi connectivity index (χ3v) is 5.15. The Labute approximate surface area is 152 Å². The fourth-order valence-electron chi connectivity index (χ4n) is 3.60. The number of halogens is 1. The van der Waals surface area contributed by atoms with E-state index in [1.807, 2.05) is 54.3 Å². The topological polar surface area (TPSA) is 38.1 Å². The molecule has 0 bridgehead atoms. The van der Waals surface area contributed by atoms with Gasteiger partial charge in [0.15, 0.2) is 0 Å². The van der Waals surface area contributed by atoms with Crippen LogP contribution in [0.3, 0.4) is 0 Å². The summed E-state index contributed by atoms with van der Waals surface area (Å²) < 4.78 is 2.25. The van der Waals surface area contributed by atoms with E-state index in [4.69, 9.17) is 16.6 Å². The summed E-state index contributed by atoms with van der Waals surface area (Å²) in [6.07, 6.45) is 0.539. The van der Waals surface area contributed by atoms with Gasteiger partial charge in [0, 0.05) is 37.0 Å². The van der Waals surface area contributed by atoms with Crippen LogP contribution < -0.4 is 0 Å². The smallest absolute Gasteiger partial charge is 0.223 e. The van der Waals surface area contributed by atoms with E-state index in [2.05, 4.69) is 10.6 Å². The van der Waals surface area contributed by atoms with Gasteiger partial charge in [-0.05, 0) is 36.8 Å². The van der Waals surface area contributed by atoms with Gasteiger partial charge in [-0.3, -0.25) is 4.79 Å². The number of benzene rings is 2. The van der Waals surface area contributed by atoms with Gasteiger partial charge in [0.1, 0.15) is 5.82 Å². The first-order valence-corrected chi connectivity index (χ1v) is 9.01. The molecule has 1 amide bonds. The summed E-state index contributed by atoms with van der Waals surface area (Å²) in [6, 6.07) is 16.1. The first-order chi connectivity index (χ1) is 12.2. The largest absolute Gasteiger partial charge is 0.342 e. The Morgan fingerprint density at radius 2 is 1.92 bits per heavy atom. The van der Waals surface area contributed by atoms with E-state index < -0.39 is 0 Å². The molecule has 4 nitrogen and oxygen atoms in total. The van der Waals surface area contributed by atoms with Crippen LogP contribution in [0.25, 0.3) is 11.0 Å². The molecule has 2 heterocycles. The molecule has 1 fully saturated rings. The zero-order valence-electron chi connectivity index (χ0n) is 14.2. The number of amides is 1. The molecule has 1 atom stereocenters. The molecule has 0 unspecified atom stereocenters. The molecule has 5 heteroatoms. The number of hydrogen-bond donors (Lipinski definition) is 0. The molecule has 4 rings (SSSR count). The van der Waals surface area contributed by atoms with E-state index in [9.17, 15) is 4.79 Å². The predicted molar refractivity (Wildman–Crippen MR) is 99.9 cm³/mol. The Bertz CT molecular complexity index is 916. The van der Waals surface area contributed by atoms with Gasteiger partial charge in [-0.1, -0.05) is 35.9 Å². The minimum Gasteiger partial charge on any atom is -0.342 e. The van der Waals surface area contributed by atoms with Crippen molar-refractivity contribution in [2.24, 2.45) is 0 Å². The lowest BCUT2D eigenvalue weighted by Crippen LogP contribution is -2.24. The second-order valence-corrected chi connectivity index (χ2v) is 6.94. The highest BCUT2D eigenvalue weighted by Crippen LogP contribution is 2.30. The maximum Gasteiger partial charge on any atom is 0.223 e. The number of carbonyl (C=O) groups excluding carboxylic acids is 1. The Morgan fingerprint density at radius 3 is 2.64 bits per heavy atom. The van der Waals surface area contributed by atoms with Crippen LogP contribution >= 0.6 is 11.6 Å². The van der Waals surface area contributed by atoms with Gasteiger partial charge < -0.3 is 9.47 Å². The molecule has 3 aromatic rings. The van der Waals surface area contributed by atoms with E-state index in [-0.39, 0.29) is 11.8 Å². The van der Waals surface area contributed by atoms with Gasteiger partial charge in [0.25, 0.3) is 0 Å². The normalized spacial score (nSPS) is 17.6. The van der Waals surface area contributed by atoms with Gasteiger partial charge in [-0.15, -0.1) is 0 Å². The monoisotopic (exact) mass is 353 g/mol. The summed E-state index contributed by atoms with van der Waals surface area (Å²) >= 11 is 6.01. The number of aromatic nitrogens is 2. The number of likely N-dealkylation sites (tertiary alicyclic amines) is 1. The van der Waals surface area contributed by atoms with Crippen molar-refractivity contribution >= 4 is 28.5 Å². The van der Waals surface area contributed by atoms with Crippen molar-refractivity contribution in [1.29, 1.82) is 0 Å². The average molecular weight is 354 g/mol. The molecule has 25 heavy (non-hydrogen) atoms. The molecule has 1 saturated heterocycles. The number of likely N-dealkylation sites (N-methyl/N-ethyl adjacent to an activating group) is 1. The van der Waals surface area contributed by atoms with Crippen molar-refractivity contribution in [3.63, 3.8) is 0 Å². The molecule has 0 aliphatic carbocycles. The minimum atomic E-state index is 0.146. The lowest BCUT2D eigenvalue weighted by atomic mass is 10.1. The van der Waals surface area contributed by atoms with Crippen molar-refractivity contribution in [3.05, 3.63) is 64.9 Å². The highest BCUT2D eigenvalue weighted by Gasteiger charge is 2.33. The van der Waals surface area contributed by atoms with Gasteiger partial charge >= 0.3 is 0 Å². The lowest BCUT2D eigenvalue weighted by Gasteiger charge is -2.15. The van der Waals surface area contributed by atoms with Gasteiger partial charge in [0.2, 0.25) is 5.91 Å². The Hall–Kier alpha value is -2.33. The predicted octanol–water partition coefficient (Wildman–Crippen LogP) is 4.07. The molecule has 0 radical (unpaired) electrons. The van der Waals surface area contributed by atoms with Gasteiger partial charge in [0.05, 0.1) is 11.0 Å². The first-order valence-electron chi connectivity index (χ1n) is 8.63. The van der Waals surface area contributed by atoms with Crippen molar-refractivity contribution in [2.75, 3.05) is 13.1 Å². The third-order valence-electron chi connectivity index (χ3n) is 4.90. The van der Waals surface area contributed by atoms with E-state index in [0.717, 1.165) is 41.5 Å². The molecule has 2 aromatic carbocycles. The van der Waals surface area contributed by atoms with Crippen molar-refractivity contribution < 1.29 is 4.79 Å². The number of imidazole rings is 1. The molecule has 1 aliphatic rings. The fourth-order valence-corrected chi connectivity index (χ4v) is 3.72. The second kappa shape index (κ2) is 6.52. The van der Waals surface area contributed by atoms with Crippen LogP contribution in [0.1, 0.15) is 30.7 Å². The summed E-state index contributed by atoms with van der Waals surface area (Å²) in [6.45, 7) is 4.26. The van der Waals surface area contributed by atoms with Crippen LogP contribution in [-0.4, -0.2) is 33.4 Å². The van der Waals surface area contributed by atoms with Crippen LogP contribution in [0.2, 0.25) is 5.02 Å². The maximum absolute atomic E-state index is 12.2. The lowest BCUT2D eigenvalue weighted by molar-refractivity contribution is -0.127. The number of nitrogens with zero attached hydrogens (tertiary/aromatic N) is 3. The van der Waals surface area contributed by atoms with Crippen LogP contribution in [0.15, 0.2) is 48.5 Å². The number of para-hydroxylation sites is 2. The standard InChI is InChI=1S/C20H20ClN3O/c1-2-23-13-15(11-19(23)25)20-22-17-5-3-4-6-18(17)24(20)12-14-7-9-16(21)10-8-14/h3-10,15H,2,11-13H2,1H3/t15-/m1/s1. The van der Waals surface area contributed by atoms with E-state index in [1.165, 1.54) is 5.56 Å². The molecule has 1 aromatic heterocycles. The quantitative estimate of drug-likeness (QED) is 0.709. The van der Waals surface area contributed by atoms with Crippen LogP contribution in [0, 0.1) is 0 Å². The highest BCUT2D eigenvalue weighted by atomic mass is 35.5. The third kappa shape index (κ3) is 3.02. The SMILES string of the molecule is CCN1C[C@H](c2nc3ccccc3n2Cc2ccc(Cl)cc2)CC1=O. The molecule has 0 N–H and O–H groups in total. The van der Waals surface area contributed by atoms with Crippen LogP contribution in [0.4, 0.5) is 0 Å². The molecular weight excluding hydrogens is 334 g/mol. The molecule has 128 valence electrons. The molecule has 0 saturated carbocycles. The summed E-state index contributed by atoms with van der Waals surface area (Å²) in [5.74, 6) is 1.37. The van der Waals surface area contributed by atoms with Crippen molar-refractivity contribution in [1.82, 2.24) is 14.5 Å². The van der Waals surface area contributed by atoms with Gasteiger partial charge in [-0.2, -0.15) is 0 Å². The summed E-state index contributed by atoms with van der Waals surface area (Å²) in [7, 11) is 0. The second-order valence-electron chi connectivity index (χ2n) is 6.50. The number of fused-ring (bicyclic) bond motifs is 1. The van der Waals surface area contributed by atoms with Crippen LogP contribution in [-0.2, 0) is 11.3 Å².